The molecule has 0 atom stereocenters. The number of nitrogens with zero attached hydrogens (tertiary/aromatic N) is 6. The smallest absolute Gasteiger partial charge is 0.349 e. The second kappa shape index (κ2) is 11.8. The highest BCUT2D eigenvalue weighted by Gasteiger charge is 2.33. The molecule has 4 aromatic rings. The summed E-state index contributed by atoms with van der Waals surface area (Å²) in [5.74, 6) is -0.0516. The van der Waals surface area contributed by atoms with Crippen molar-refractivity contribution in [3.63, 3.8) is 0 Å². The minimum absolute atomic E-state index is 0.0297. The van der Waals surface area contributed by atoms with Crippen molar-refractivity contribution < 1.29 is 22.4 Å². The molecule has 5 rings (SSSR count). The second-order valence-corrected chi connectivity index (χ2v) is 12.4. The molecule has 0 spiro atoms. The molecule has 0 radical (unpaired) electrons. The molecule has 0 saturated heterocycles. The molecule has 0 aliphatic heterocycles. The Labute approximate surface area is 253 Å². The zero-order chi connectivity index (χ0) is 31.8. The predicted octanol–water partition coefficient (Wildman–Crippen LogP) is 4.91. The van der Waals surface area contributed by atoms with Crippen LogP contribution in [0.3, 0.4) is 0 Å². The molecule has 2 heterocycles. The molecular formula is C32H35F3N7O2+. The number of carbonyl (C=O) groups is 1. The second-order valence-electron chi connectivity index (χ2n) is 12.4. The van der Waals surface area contributed by atoms with E-state index < -0.39 is 23.2 Å². The number of halogens is 3. The minimum atomic E-state index is -4.62. The van der Waals surface area contributed by atoms with E-state index >= 15 is 0 Å². The fourth-order valence-electron chi connectivity index (χ4n) is 6.10. The quantitative estimate of drug-likeness (QED) is 0.302. The summed E-state index contributed by atoms with van der Waals surface area (Å²) in [6.45, 7) is 1.03. The fourth-order valence-corrected chi connectivity index (χ4v) is 6.10. The van der Waals surface area contributed by atoms with Crippen molar-refractivity contribution in [2.45, 2.75) is 37.9 Å². The number of aromatic nitrogens is 4. The first-order valence-corrected chi connectivity index (χ1v) is 14.4. The van der Waals surface area contributed by atoms with Gasteiger partial charge in [0.05, 0.1) is 68.1 Å². The van der Waals surface area contributed by atoms with E-state index in [2.05, 4.69) is 37.6 Å². The van der Waals surface area contributed by atoms with E-state index in [9.17, 15) is 28.0 Å². The van der Waals surface area contributed by atoms with E-state index in [0.717, 1.165) is 53.5 Å². The van der Waals surface area contributed by atoms with Gasteiger partial charge in [-0.25, -0.2) is 9.36 Å². The molecule has 1 saturated carbocycles. The molecule has 1 amide bonds. The third kappa shape index (κ3) is 6.33. The lowest BCUT2D eigenvalue weighted by atomic mass is 9.85. The molecule has 1 fully saturated rings. The van der Waals surface area contributed by atoms with E-state index in [1.54, 1.807) is 30.3 Å². The zero-order valence-corrected chi connectivity index (χ0v) is 25.1. The molecule has 44 heavy (non-hydrogen) atoms. The van der Waals surface area contributed by atoms with Gasteiger partial charge in [0.2, 0.25) is 0 Å². The molecule has 1 aliphatic rings. The summed E-state index contributed by atoms with van der Waals surface area (Å²) in [7, 11) is 7.99. The maximum Gasteiger partial charge on any atom is 0.416 e. The lowest BCUT2D eigenvalue weighted by molar-refractivity contribution is -0.874. The van der Waals surface area contributed by atoms with Crippen LogP contribution in [0, 0.1) is 17.2 Å². The highest BCUT2D eigenvalue weighted by Crippen LogP contribution is 2.32. The van der Waals surface area contributed by atoms with Gasteiger partial charge >= 0.3 is 6.18 Å². The highest BCUT2D eigenvalue weighted by molar-refractivity contribution is 6.00. The Bertz CT molecular complexity index is 1760. The first-order valence-electron chi connectivity index (χ1n) is 14.4. The number of alkyl halides is 3. The van der Waals surface area contributed by atoms with Crippen LogP contribution in [0.15, 0.2) is 65.6 Å². The first kappa shape index (κ1) is 30.8. The number of nitrogens with one attached hydrogen (secondary N) is 1. The number of benzene rings is 2. The summed E-state index contributed by atoms with van der Waals surface area (Å²) >= 11 is 0. The maximum absolute atomic E-state index is 14.0. The SMILES string of the molecule is Cn1c(-c2ccnn2-c2ccc(C#N)cc2)c(C(=O)N[C@H]2CC[C@H](C[N+](C)(C)C)CC2)c(=O)n1-c1cccc(C(F)(F)F)c1. The van der Waals surface area contributed by atoms with Crippen molar-refractivity contribution in [2.75, 3.05) is 27.7 Å². The summed E-state index contributed by atoms with van der Waals surface area (Å²) < 4.78 is 45.7. The fraction of sp³-hybridized carbons (Fsp3) is 0.375. The number of quaternary nitrogens is 1. The van der Waals surface area contributed by atoms with Crippen LogP contribution >= 0.6 is 0 Å². The standard InChI is InChI=1S/C32H34F3N7O2/c1-39-29(27-16-17-37-40(27)25-14-10-21(19-36)11-15-25)28(30(43)38-24-12-8-22(9-13-24)20-42(2,3)4)31(44)41(39)26-7-5-6-23(18-26)32(33,34)35/h5-7,10-11,14-18,22,24H,8-9,12-13,20H2,1-4H3/p+1/t22-,24-. The van der Waals surface area contributed by atoms with Crippen LogP contribution in [-0.4, -0.2) is 63.3 Å². The van der Waals surface area contributed by atoms with Gasteiger partial charge in [-0.05, 0) is 74.2 Å². The number of amides is 1. The van der Waals surface area contributed by atoms with Crippen LogP contribution in [0.25, 0.3) is 22.8 Å². The van der Waals surface area contributed by atoms with Crippen LogP contribution in [-0.2, 0) is 13.2 Å². The van der Waals surface area contributed by atoms with E-state index in [-0.39, 0.29) is 23.0 Å². The van der Waals surface area contributed by atoms with Gasteiger partial charge in [-0.2, -0.15) is 23.5 Å². The molecule has 12 heteroatoms. The lowest BCUT2D eigenvalue weighted by Gasteiger charge is -2.34. The Kier molecular flexibility index (Phi) is 8.27. The Hall–Kier alpha value is -4.63. The number of hydrogen-bond donors (Lipinski definition) is 1. The van der Waals surface area contributed by atoms with Gasteiger partial charge in [-0.3, -0.25) is 14.3 Å². The van der Waals surface area contributed by atoms with Crippen LogP contribution in [0.1, 0.15) is 47.2 Å². The van der Waals surface area contributed by atoms with Crippen molar-refractivity contribution in [3.8, 4) is 28.8 Å². The van der Waals surface area contributed by atoms with Gasteiger partial charge < -0.3 is 9.80 Å². The Morgan fingerprint density at radius 2 is 1.73 bits per heavy atom. The maximum atomic E-state index is 14.0. The molecule has 2 aromatic heterocycles. The van der Waals surface area contributed by atoms with Gasteiger partial charge in [-0.1, -0.05) is 6.07 Å². The molecule has 2 aromatic carbocycles. The van der Waals surface area contributed by atoms with Crippen LogP contribution in [0.4, 0.5) is 13.2 Å². The normalized spacial score (nSPS) is 17.3. The predicted molar refractivity (Wildman–Crippen MR) is 159 cm³/mol. The Morgan fingerprint density at radius 3 is 2.34 bits per heavy atom. The topological polar surface area (TPSA) is 97.6 Å². The molecular weight excluding hydrogens is 571 g/mol. The molecule has 0 unspecified atom stereocenters. The van der Waals surface area contributed by atoms with Gasteiger partial charge in [0, 0.05) is 19.0 Å². The average molecular weight is 607 g/mol. The van der Waals surface area contributed by atoms with Crippen molar-refractivity contribution >= 4 is 5.91 Å². The summed E-state index contributed by atoms with van der Waals surface area (Å²) in [6, 6.07) is 14.6. The third-order valence-corrected chi connectivity index (χ3v) is 8.03. The molecule has 230 valence electrons. The summed E-state index contributed by atoms with van der Waals surface area (Å²) in [4.78, 5) is 28.0. The van der Waals surface area contributed by atoms with Crippen molar-refractivity contribution in [1.82, 2.24) is 24.5 Å². The van der Waals surface area contributed by atoms with E-state index in [0.29, 0.717) is 22.9 Å². The average Bonchev–Trinajstić information content (AvgIpc) is 3.54. The Balaban J connectivity index is 1.58. The number of carbonyl (C=O) groups excluding carboxylic acids is 1. The van der Waals surface area contributed by atoms with Crippen LogP contribution in [0.5, 0.6) is 0 Å². The van der Waals surface area contributed by atoms with Crippen molar-refractivity contribution in [3.05, 3.63) is 87.8 Å². The minimum Gasteiger partial charge on any atom is -0.349 e. The van der Waals surface area contributed by atoms with E-state index in [1.807, 2.05) is 0 Å². The summed E-state index contributed by atoms with van der Waals surface area (Å²) in [5.41, 5.74) is -0.268. The van der Waals surface area contributed by atoms with Crippen LogP contribution < -0.4 is 10.9 Å². The summed E-state index contributed by atoms with van der Waals surface area (Å²) in [5, 5.41) is 16.7. The first-order chi connectivity index (χ1) is 20.8. The van der Waals surface area contributed by atoms with E-state index in [4.69, 9.17) is 0 Å². The van der Waals surface area contributed by atoms with Gasteiger partial charge in [-0.15, -0.1) is 0 Å². The number of hydrogen-bond acceptors (Lipinski definition) is 4. The third-order valence-electron chi connectivity index (χ3n) is 8.03. The van der Waals surface area contributed by atoms with Gasteiger partial charge in [0.1, 0.15) is 11.3 Å². The zero-order valence-electron chi connectivity index (χ0n) is 25.1. The number of rotatable bonds is 7. The lowest BCUT2D eigenvalue weighted by Crippen LogP contribution is -2.43. The Morgan fingerprint density at radius 1 is 1.05 bits per heavy atom. The molecule has 0 bridgehead atoms. The highest BCUT2D eigenvalue weighted by atomic mass is 19.4. The van der Waals surface area contributed by atoms with Crippen LogP contribution in [0.2, 0.25) is 0 Å². The molecule has 1 N–H and O–H groups in total. The largest absolute Gasteiger partial charge is 0.416 e. The summed E-state index contributed by atoms with van der Waals surface area (Å²) in [6.07, 6.45) is 0.320. The van der Waals surface area contributed by atoms with Gasteiger partial charge in [0.15, 0.2) is 0 Å². The number of nitriles is 1. The van der Waals surface area contributed by atoms with E-state index in [1.165, 1.54) is 34.7 Å². The van der Waals surface area contributed by atoms with Crippen molar-refractivity contribution in [1.29, 1.82) is 5.26 Å². The van der Waals surface area contributed by atoms with Crippen molar-refractivity contribution in [2.24, 2.45) is 13.0 Å². The van der Waals surface area contributed by atoms with Gasteiger partial charge in [0.25, 0.3) is 11.5 Å². The molecule has 1 aliphatic carbocycles. The monoisotopic (exact) mass is 606 g/mol. The molecule has 9 nitrogen and oxygen atoms in total.